The molecule has 1 heterocycles. The zero-order valence-electron chi connectivity index (χ0n) is 15.5. The highest BCUT2D eigenvalue weighted by molar-refractivity contribution is 5.90. The fourth-order valence-corrected chi connectivity index (χ4v) is 2.32. The van der Waals surface area contributed by atoms with Gasteiger partial charge in [-0.3, -0.25) is 9.48 Å². The third-order valence-corrected chi connectivity index (χ3v) is 3.54. The lowest BCUT2D eigenvalue weighted by Gasteiger charge is -2.12. The first-order chi connectivity index (χ1) is 13.4. The standard InChI is InChI=1S/C18H23F3N6O/c1-2-22-17(23-9-7-18(19,20)21)24-12-14-5-3-6-15(11-14)26-16(28)13-27-10-4-8-25-27/h3-6,8,10-11H,2,7,9,12-13H2,1H3,(H,26,28)(H2,22,23,24). The van der Waals surface area contributed by atoms with Crippen LogP contribution < -0.4 is 16.0 Å². The zero-order valence-corrected chi connectivity index (χ0v) is 15.5. The van der Waals surface area contributed by atoms with Crippen molar-refractivity contribution in [1.82, 2.24) is 20.4 Å². The predicted molar refractivity (Wildman–Crippen MR) is 101 cm³/mol. The summed E-state index contributed by atoms with van der Waals surface area (Å²) in [5, 5.41) is 12.3. The molecule has 0 saturated carbocycles. The Morgan fingerprint density at radius 3 is 2.75 bits per heavy atom. The van der Waals surface area contributed by atoms with Crippen LogP contribution >= 0.6 is 0 Å². The molecule has 1 amide bonds. The highest BCUT2D eigenvalue weighted by atomic mass is 19.4. The first-order valence-electron chi connectivity index (χ1n) is 8.81. The molecule has 2 rings (SSSR count). The molecular weight excluding hydrogens is 373 g/mol. The van der Waals surface area contributed by atoms with E-state index in [1.807, 2.05) is 13.0 Å². The summed E-state index contributed by atoms with van der Waals surface area (Å²) in [6.07, 6.45) is -1.86. The number of benzene rings is 1. The van der Waals surface area contributed by atoms with Gasteiger partial charge in [0.15, 0.2) is 5.96 Å². The molecule has 0 atom stereocenters. The van der Waals surface area contributed by atoms with Crippen LogP contribution in [0.2, 0.25) is 0 Å². The fourth-order valence-electron chi connectivity index (χ4n) is 2.32. The van der Waals surface area contributed by atoms with Gasteiger partial charge in [-0.2, -0.15) is 18.3 Å². The van der Waals surface area contributed by atoms with Gasteiger partial charge >= 0.3 is 6.18 Å². The van der Waals surface area contributed by atoms with Gasteiger partial charge in [0.25, 0.3) is 0 Å². The van der Waals surface area contributed by atoms with Crippen molar-refractivity contribution in [2.24, 2.45) is 4.99 Å². The van der Waals surface area contributed by atoms with Crippen LogP contribution in [0, 0.1) is 0 Å². The number of aliphatic imine (C=N–C) groups is 1. The van der Waals surface area contributed by atoms with Gasteiger partial charge in [0.1, 0.15) is 6.54 Å². The summed E-state index contributed by atoms with van der Waals surface area (Å²) in [5.74, 6) is 0.0892. The number of aromatic nitrogens is 2. The third-order valence-electron chi connectivity index (χ3n) is 3.54. The summed E-state index contributed by atoms with van der Waals surface area (Å²) in [6.45, 7) is 2.46. The highest BCUT2D eigenvalue weighted by Gasteiger charge is 2.26. The topological polar surface area (TPSA) is 83.3 Å². The molecule has 28 heavy (non-hydrogen) atoms. The van der Waals surface area contributed by atoms with Gasteiger partial charge in [0, 0.05) is 31.2 Å². The fraction of sp³-hybridized carbons (Fsp3) is 0.389. The number of carbonyl (C=O) groups excluding carboxylic acids is 1. The molecule has 3 N–H and O–H groups in total. The Hall–Kier alpha value is -3.04. The Labute approximate surface area is 161 Å². The minimum absolute atomic E-state index is 0.100. The molecule has 0 spiro atoms. The van der Waals surface area contributed by atoms with Crippen LogP contribution in [0.4, 0.5) is 18.9 Å². The van der Waals surface area contributed by atoms with Gasteiger partial charge in [-0.15, -0.1) is 0 Å². The van der Waals surface area contributed by atoms with E-state index < -0.39 is 12.6 Å². The monoisotopic (exact) mass is 396 g/mol. The van der Waals surface area contributed by atoms with Crippen LogP contribution in [-0.2, 0) is 17.9 Å². The van der Waals surface area contributed by atoms with E-state index in [9.17, 15) is 18.0 Å². The maximum Gasteiger partial charge on any atom is 0.390 e. The third kappa shape index (κ3) is 8.11. The summed E-state index contributed by atoms with van der Waals surface area (Å²) in [4.78, 5) is 16.3. The molecule has 10 heteroatoms. The van der Waals surface area contributed by atoms with Crippen molar-refractivity contribution in [3.05, 3.63) is 48.3 Å². The van der Waals surface area contributed by atoms with Crippen molar-refractivity contribution in [3.63, 3.8) is 0 Å². The number of carbonyl (C=O) groups is 1. The summed E-state index contributed by atoms with van der Waals surface area (Å²) < 4.78 is 38.3. The van der Waals surface area contributed by atoms with Gasteiger partial charge in [-0.05, 0) is 30.7 Å². The number of nitrogens with zero attached hydrogens (tertiary/aromatic N) is 3. The maximum absolute atomic E-state index is 12.3. The van der Waals surface area contributed by atoms with Crippen LogP contribution in [-0.4, -0.2) is 40.9 Å². The lowest BCUT2D eigenvalue weighted by atomic mass is 10.2. The van der Waals surface area contributed by atoms with Gasteiger partial charge in [-0.1, -0.05) is 12.1 Å². The largest absolute Gasteiger partial charge is 0.390 e. The second-order valence-corrected chi connectivity index (χ2v) is 5.94. The molecule has 1 aromatic heterocycles. The number of anilines is 1. The molecule has 1 aromatic carbocycles. The number of amides is 1. The average molecular weight is 396 g/mol. The van der Waals surface area contributed by atoms with Crippen LogP contribution in [0.15, 0.2) is 47.7 Å². The Morgan fingerprint density at radius 2 is 2.07 bits per heavy atom. The SMILES string of the molecule is CCNC(=NCc1cccc(NC(=O)Cn2cccn2)c1)NCCC(F)(F)F. The Morgan fingerprint density at radius 1 is 1.25 bits per heavy atom. The Kier molecular flexibility index (Phi) is 7.85. The van der Waals surface area contributed by atoms with Crippen LogP contribution in [0.1, 0.15) is 18.9 Å². The van der Waals surface area contributed by atoms with Crippen molar-refractivity contribution in [2.75, 3.05) is 18.4 Å². The molecule has 0 fully saturated rings. The van der Waals surface area contributed by atoms with E-state index >= 15 is 0 Å². The van der Waals surface area contributed by atoms with Gasteiger partial charge < -0.3 is 16.0 Å². The molecule has 0 aliphatic rings. The lowest BCUT2D eigenvalue weighted by Crippen LogP contribution is -2.38. The Balaban J connectivity index is 1.91. The smallest absolute Gasteiger partial charge is 0.357 e. The van der Waals surface area contributed by atoms with Gasteiger partial charge in [0.05, 0.1) is 13.0 Å². The van der Waals surface area contributed by atoms with Crippen LogP contribution in [0.25, 0.3) is 0 Å². The number of guanidine groups is 1. The molecular formula is C18H23F3N6O. The highest BCUT2D eigenvalue weighted by Crippen LogP contribution is 2.18. The number of alkyl halides is 3. The van der Waals surface area contributed by atoms with Gasteiger partial charge in [0.2, 0.25) is 5.91 Å². The van der Waals surface area contributed by atoms with Crippen molar-refractivity contribution in [1.29, 1.82) is 0 Å². The molecule has 0 aliphatic heterocycles. The normalized spacial score (nSPS) is 11.9. The Bertz CT molecular complexity index is 774. The molecule has 0 saturated heterocycles. The average Bonchev–Trinajstić information content (AvgIpc) is 3.11. The summed E-state index contributed by atoms with van der Waals surface area (Å²) in [7, 11) is 0. The molecule has 0 unspecified atom stereocenters. The second-order valence-electron chi connectivity index (χ2n) is 5.94. The number of rotatable bonds is 8. The number of halogens is 3. The predicted octanol–water partition coefficient (Wildman–Crippen LogP) is 2.53. The number of hydrogen-bond donors (Lipinski definition) is 3. The van der Waals surface area contributed by atoms with Crippen molar-refractivity contribution in [2.45, 2.75) is 32.6 Å². The van der Waals surface area contributed by atoms with E-state index in [1.54, 1.807) is 36.7 Å². The first kappa shape index (κ1) is 21.3. The molecule has 7 nitrogen and oxygen atoms in total. The van der Waals surface area contributed by atoms with E-state index in [4.69, 9.17) is 0 Å². The number of hydrogen-bond acceptors (Lipinski definition) is 3. The minimum Gasteiger partial charge on any atom is -0.357 e. The second kappa shape index (κ2) is 10.3. The van der Waals surface area contributed by atoms with E-state index in [0.29, 0.717) is 18.2 Å². The molecule has 0 bridgehead atoms. The van der Waals surface area contributed by atoms with Crippen LogP contribution in [0.3, 0.4) is 0 Å². The minimum atomic E-state index is -4.22. The van der Waals surface area contributed by atoms with Crippen LogP contribution in [0.5, 0.6) is 0 Å². The number of nitrogens with one attached hydrogen (secondary N) is 3. The molecule has 0 radical (unpaired) electrons. The first-order valence-corrected chi connectivity index (χ1v) is 8.81. The van der Waals surface area contributed by atoms with E-state index in [-0.39, 0.29) is 25.5 Å². The van der Waals surface area contributed by atoms with Crippen molar-refractivity contribution >= 4 is 17.6 Å². The molecule has 152 valence electrons. The molecule has 2 aromatic rings. The maximum atomic E-state index is 12.3. The van der Waals surface area contributed by atoms with Crippen molar-refractivity contribution in [3.8, 4) is 0 Å². The summed E-state index contributed by atoms with van der Waals surface area (Å²) >= 11 is 0. The summed E-state index contributed by atoms with van der Waals surface area (Å²) in [5.41, 5.74) is 1.42. The van der Waals surface area contributed by atoms with E-state index in [1.165, 1.54) is 4.68 Å². The van der Waals surface area contributed by atoms with E-state index in [2.05, 4.69) is 26.0 Å². The quantitative estimate of drug-likeness (QED) is 0.473. The van der Waals surface area contributed by atoms with E-state index in [0.717, 1.165) is 5.56 Å². The molecule has 0 aliphatic carbocycles. The zero-order chi connectivity index (χ0) is 20.4. The van der Waals surface area contributed by atoms with Crippen molar-refractivity contribution < 1.29 is 18.0 Å². The lowest BCUT2D eigenvalue weighted by molar-refractivity contribution is -0.132. The summed E-state index contributed by atoms with van der Waals surface area (Å²) in [6, 6.07) is 8.85. The van der Waals surface area contributed by atoms with Gasteiger partial charge in [-0.25, -0.2) is 4.99 Å².